The van der Waals surface area contributed by atoms with Crippen molar-refractivity contribution in [3.63, 3.8) is 0 Å². The molecule has 0 aliphatic rings. The normalized spacial score (nSPS) is 12.0. The maximum Gasteiger partial charge on any atom is 0.384 e. The predicted molar refractivity (Wildman–Crippen MR) is 122 cm³/mol. The fourth-order valence-corrected chi connectivity index (χ4v) is 4.14. The van der Waals surface area contributed by atoms with Crippen molar-refractivity contribution in [2.75, 3.05) is 0 Å². The lowest BCUT2D eigenvalue weighted by Gasteiger charge is -2.17. The van der Waals surface area contributed by atoms with Crippen molar-refractivity contribution in [3.05, 3.63) is 77.4 Å². The molecule has 2 aromatic carbocycles. The number of benzene rings is 2. The van der Waals surface area contributed by atoms with Gasteiger partial charge in [-0.25, -0.2) is 0 Å². The van der Waals surface area contributed by atoms with Gasteiger partial charge in [-0.3, -0.25) is 0 Å². The maximum atomic E-state index is 3.66. The maximum absolute atomic E-state index is 3.66. The molecule has 0 fully saturated rings. The smallest absolute Gasteiger partial charge is 0.188 e. The predicted octanol–water partition coefficient (Wildman–Crippen LogP) is 7.05. The molecule has 0 bridgehead atoms. The second kappa shape index (κ2) is 8.57. The summed E-state index contributed by atoms with van der Waals surface area (Å²) in [5.74, 6) is 1.84. The van der Waals surface area contributed by atoms with Crippen LogP contribution in [0, 0.1) is 6.33 Å². The third-order valence-electron chi connectivity index (χ3n) is 5.75. The Hall–Kier alpha value is -2.35. The van der Waals surface area contributed by atoms with E-state index in [1.807, 2.05) is 0 Å². The van der Waals surface area contributed by atoms with Crippen molar-refractivity contribution < 1.29 is 4.57 Å². The van der Waals surface area contributed by atoms with Crippen LogP contribution in [0.3, 0.4) is 0 Å². The van der Waals surface area contributed by atoms with Crippen LogP contribution in [0.15, 0.2) is 48.8 Å². The molecular formula is C27H36N2+. The number of aromatic nitrogens is 2. The van der Waals surface area contributed by atoms with Gasteiger partial charge in [0, 0.05) is 22.3 Å². The van der Waals surface area contributed by atoms with Crippen LogP contribution in [0.5, 0.6) is 0 Å². The highest BCUT2D eigenvalue weighted by atomic mass is 15.1. The van der Waals surface area contributed by atoms with E-state index >= 15 is 0 Å². The first-order chi connectivity index (χ1) is 13.7. The Kier molecular flexibility index (Phi) is 6.31. The van der Waals surface area contributed by atoms with Crippen LogP contribution in [-0.2, 0) is 0 Å². The number of hydrogen-bond donors (Lipinski definition) is 0. The van der Waals surface area contributed by atoms with Crippen molar-refractivity contribution in [2.45, 2.75) is 79.1 Å². The van der Waals surface area contributed by atoms with Crippen molar-refractivity contribution in [1.82, 2.24) is 4.57 Å². The summed E-state index contributed by atoms with van der Waals surface area (Å²) >= 11 is 0. The van der Waals surface area contributed by atoms with Crippen LogP contribution < -0.4 is 4.57 Å². The average Bonchev–Trinajstić information content (AvgIpc) is 3.15. The van der Waals surface area contributed by atoms with E-state index in [9.17, 15) is 0 Å². The van der Waals surface area contributed by atoms with Crippen LogP contribution in [0.1, 0.15) is 101 Å². The molecule has 3 aromatic rings. The van der Waals surface area contributed by atoms with E-state index in [1.165, 1.54) is 33.6 Å². The molecule has 0 spiro atoms. The molecule has 0 atom stereocenters. The first kappa shape index (κ1) is 21.4. The number of para-hydroxylation sites is 2. The van der Waals surface area contributed by atoms with E-state index in [0.717, 1.165) is 0 Å². The lowest BCUT2D eigenvalue weighted by Crippen LogP contribution is -2.32. The number of imidazole rings is 1. The standard InChI is InChI=1S/C27H36N2/c1-18(2)22-11-9-12-23(19(3)4)26(22)28-15-16-29(17-28)27-24(20(5)6)13-10-14-25(27)21(7)8/h9-16,18-21H,1-8H3/q+1. The average molecular weight is 389 g/mol. The largest absolute Gasteiger partial charge is 0.384 e. The summed E-state index contributed by atoms with van der Waals surface area (Å²) in [5.41, 5.74) is 8.05. The summed E-state index contributed by atoms with van der Waals surface area (Å²) in [7, 11) is 0. The van der Waals surface area contributed by atoms with Crippen LogP contribution >= 0.6 is 0 Å². The van der Waals surface area contributed by atoms with Gasteiger partial charge in [-0.05, 0) is 23.7 Å². The number of rotatable bonds is 6. The summed E-state index contributed by atoms with van der Waals surface area (Å²) in [5, 5.41) is 0. The van der Waals surface area contributed by atoms with Gasteiger partial charge < -0.3 is 0 Å². The summed E-state index contributed by atoms with van der Waals surface area (Å²) in [4.78, 5) is 0. The molecule has 0 saturated carbocycles. The van der Waals surface area contributed by atoms with Gasteiger partial charge in [0.05, 0.1) is 0 Å². The van der Waals surface area contributed by atoms with Crippen LogP contribution in [0.2, 0.25) is 0 Å². The Morgan fingerprint density at radius 3 is 1.48 bits per heavy atom. The zero-order valence-corrected chi connectivity index (χ0v) is 19.3. The Balaban J connectivity index is 2.23. The van der Waals surface area contributed by atoms with Gasteiger partial charge in [0.1, 0.15) is 23.8 Å². The molecule has 2 nitrogen and oxygen atoms in total. The molecule has 3 rings (SSSR count). The van der Waals surface area contributed by atoms with Crippen molar-refractivity contribution >= 4 is 0 Å². The number of hydrogen-bond acceptors (Lipinski definition) is 0. The fraction of sp³-hybridized carbons (Fsp3) is 0.444. The highest BCUT2D eigenvalue weighted by molar-refractivity contribution is 5.51. The van der Waals surface area contributed by atoms with Crippen molar-refractivity contribution in [1.29, 1.82) is 0 Å². The van der Waals surface area contributed by atoms with E-state index in [-0.39, 0.29) is 0 Å². The SMILES string of the molecule is CC(C)c1cccc(C(C)C)c1-n1[c][n+](-c2c(C(C)C)cccc2C(C)C)cc1. The molecule has 0 saturated heterocycles. The summed E-state index contributed by atoms with van der Waals surface area (Å²) in [6.07, 6.45) is 7.98. The zero-order valence-electron chi connectivity index (χ0n) is 19.3. The van der Waals surface area contributed by atoms with E-state index in [4.69, 9.17) is 0 Å². The highest BCUT2D eigenvalue weighted by Gasteiger charge is 2.24. The minimum absolute atomic E-state index is 0.460. The van der Waals surface area contributed by atoms with Gasteiger partial charge in [0.15, 0.2) is 0 Å². The van der Waals surface area contributed by atoms with Crippen LogP contribution in [0.4, 0.5) is 0 Å². The van der Waals surface area contributed by atoms with Crippen molar-refractivity contribution in [2.24, 2.45) is 0 Å². The van der Waals surface area contributed by atoms with E-state index in [0.29, 0.717) is 23.7 Å². The van der Waals surface area contributed by atoms with Gasteiger partial charge in [0.2, 0.25) is 0 Å². The molecule has 1 heterocycles. The fourth-order valence-electron chi connectivity index (χ4n) is 4.14. The van der Waals surface area contributed by atoms with E-state index in [2.05, 4.69) is 120 Å². The molecule has 0 amide bonds. The highest BCUT2D eigenvalue weighted by Crippen LogP contribution is 2.31. The van der Waals surface area contributed by atoms with Crippen molar-refractivity contribution in [3.8, 4) is 11.4 Å². The lowest BCUT2D eigenvalue weighted by molar-refractivity contribution is -0.600. The zero-order chi connectivity index (χ0) is 21.3. The molecule has 1 radical (unpaired) electrons. The molecule has 0 N–H and O–H groups in total. The first-order valence-corrected chi connectivity index (χ1v) is 11.0. The Labute approximate surface area is 177 Å². The lowest BCUT2D eigenvalue weighted by atomic mass is 9.92. The summed E-state index contributed by atoms with van der Waals surface area (Å²) in [6, 6.07) is 13.4. The Morgan fingerprint density at radius 1 is 0.655 bits per heavy atom. The van der Waals surface area contributed by atoms with Crippen LogP contribution in [-0.4, -0.2) is 4.57 Å². The number of nitrogens with zero attached hydrogens (tertiary/aromatic N) is 2. The summed E-state index contributed by atoms with van der Waals surface area (Å²) in [6.45, 7) is 18.2. The van der Waals surface area contributed by atoms with Gasteiger partial charge >= 0.3 is 6.33 Å². The van der Waals surface area contributed by atoms with Gasteiger partial charge in [-0.15, -0.1) is 0 Å². The molecular weight excluding hydrogens is 352 g/mol. The second-order valence-electron chi connectivity index (χ2n) is 9.33. The minimum atomic E-state index is 0.460. The summed E-state index contributed by atoms with van der Waals surface area (Å²) < 4.78 is 4.40. The molecule has 29 heavy (non-hydrogen) atoms. The van der Waals surface area contributed by atoms with Gasteiger partial charge in [0.25, 0.3) is 0 Å². The molecule has 0 unspecified atom stereocenters. The second-order valence-corrected chi connectivity index (χ2v) is 9.33. The monoisotopic (exact) mass is 388 g/mol. The van der Waals surface area contributed by atoms with E-state index < -0.39 is 0 Å². The topological polar surface area (TPSA) is 8.81 Å². The third-order valence-corrected chi connectivity index (χ3v) is 5.75. The molecule has 1 aromatic heterocycles. The van der Waals surface area contributed by atoms with Gasteiger partial charge in [-0.2, -0.15) is 9.13 Å². The third kappa shape index (κ3) is 4.17. The Bertz CT molecular complexity index is 843. The Morgan fingerprint density at radius 2 is 1.07 bits per heavy atom. The van der Waals surface area contributed by atoms with Gasteiger partial charge in [-0.1, -0.05) is 91.8 Å². The minimum Gasteiger partial charge on any atom is -0.188 e. The molecule has 2 heteroatoms. The molecule has 0 aliphatic carbocycles. The van der Waals surface area contributed by atoms with E-state index in [1.54, 1.807) is 0 Å². The first-order valence-electron chi connectivity index (χ1n) is 11.0. The van der Waals surface area contributed by atoms with Crippen LogP contribution in [0.25, 0.3) is 11.4 Å². The molecule has 0 aliphatic heterocycles. The molecule has 153 valence electrons. The quantitative estimate of drug-likeness (QED) is 0.400.